The molecule has 2 rings (SSSR count). The zero-order valence-corrected chi connectivity index (χ0v) is 13.2. The number of nitrogens with one attached hydrogen (secondary N) is 2. The van der Waals surface area contributed by atoms with E-state index in [2.05, 4.69) is 58.9 Å². The van der Waals surface area contributed by atoms with E-state index >= 15 is 0 Å². The number of hydrogen-bond donors (Lipinski definition) is 2. The number of nitrogens with zero attached hydrogens (tertiary/aromatic N) is 2. The van der Waals surface area contributed by atoms with Crippen LogP contribution < -0.4 is 10.6 Å². The number of aryl methyl sites for hydroxylation is 1. The van der Waals surface area contributed by atoms with Crippen molar-refractivity contribution in [2.45, 2.75) is 33.6 Å². The van der Waals surface area contributed by atoms with Crippen LogP contribution in [0, 0.1) is 6.92 Å². The summed E-state index contributed by atoms with van der Waals surface area (Å²) in [5.41, 5.74) is 1.09. The molecule has 5 heteroatoms. The van der Waals surface area contributed by atoms with E-state index in [1.54, 1.807) is 11.3 Å². The second kappa shape index (κ2) is 7.24. The Morgan fingerprint density at radius 3 is 2.50 bits per heavy atom. The standard InChI is InChI=1S/C15H22N4S/c1-4-13-18-14(16-5-2)11(3)15(19-13)17-9-8-12-7-6-10-20-12/h6-7,10H,4-5,8-9H2,1-3H3,(H2,16,17,18,19). The number of aromatic nitrogens is 2. The molecule has 0 fully saturated rings. The number of rotatable bonds is 7. The van der Waals surface area contributed by atoms with E-state index < -0.39 is 0 Å². The summed E-state index contributed by atoms with van der Waals surface area (Å²) >= 11 is 1.80. The van der Waals surface area contributed by atoms with Gasteiger partial charge in [-0.2, -0.15) is 0 Å². The van der Waals surface area contributed by atoms with E-state index in [1.807, 2.05) is 0 Å². The maximum absolute atomic E-state index is 4.59. The van der Waals surface area contributed by atoms with E-state index in [0.717, 1.165) is 49.0 Å². The molecule has 0 spiro atoms. The van der Waals surface area contributed by atoms with Crippen LogP contribution in [0.2, 0.25) is 0 Å². The molecule has 0 aliphatic carbocycles. The highest BCUT2D eigenvalue weighted by Gasteiger charge is 2.09. The van der Waals surface area contributed by atoms with Crippen LogP contribution in [0.5, 0.6) is 0 Å². The first kappa shape index (κ1) is 14.8. The smallest absolute Gasteiger partial charge is 0.134 e. The Hall–Kier alpha value is -1.62. The molecule has 2 aromatic heterocycles. The number of anilines is 2. The Labute approximate surface area is 124 Å². The Morgan fingerprint density at radius 2 is 1.90 bits per heavy atom. The molecule has 0 saturated heterocycles. The summed E-state index contributed by atoms with van der Waals surface area (Å²) in [6.45, 7) is 7.99. The lowest BCUT2D eigenvalue weighted by Gasteiger charge is -2.14. The van der Waals surface area contributed by atoms with Crippen molar-refractivity contribution in [3.05, 3.63) is 33.8 Å². The lowest BCUT2D eigenvalue weighted by molar-refractivity contribution is 0.915. The first-order valence-electron chi connectivity index (χ1n) is 7.12. The molecule has 2 aromatic rings. The predicted octanol–water partition coefficient (Wildman–Crippen LogP) is 3.50. The molecule has 2 N–H and O–H groups in total. The van der Waals surface area contributed by atoms with Gasteiger partial charge in [0.1, 0.15) is 17.5 Å². The zero-order chi connectivity index (χ0) is 14.4. The van der Waals surface area contributed by atoms with E-state index in [0.29, 0.717) is 0 Å². The molecule has 0 radical (unpaired) electrons. The quantitative estimate of drug-likeness (QED) is 0.819. The fraction of sp³-hybridized carbons (Fsp3) is 0.467. The maximum Gasteiger partial charge on any atom is 0.134 e. The topological polar surface area (TPSA) is 49.8 Å². The molecule has 0 aromatic carbocycles. The van der Waals surface area contributed by atoms with Crippen LogP contribution in [0.3, 0.4) is 0 Å². The van der Waals surface area contributed by atoms with Gasteiger partial charge in [0.25, 0.3) is 0 Å². The third kappa shape index (κ3) is 3.70. The van der Waals surface area contributed by atoms with E-state index in [-0.39, 0.29) is 0 Å². The van der Waals surface area contributed by atoms with Crippen molar-refractivity contribution in [2.24, 2.45) is 0 Å². The highest BCUT2D eigenvalue weighted by molar-refractivity contribution is 7.09. The highest BCUT2D eigenvalue weighted by atomic mass is 32.1. The summed E-state index contributed by atoms with van der Waals surface area (Å²) in [4.78, 5) is 10.5. The van der Waals surface area contributed by atoms with E-state index in [1.165, 1.54) is 4.88 Å². The third-order valence-corrected chi connectivity index (χ3v) is 4.03. The van der Waals surface area contributed by atoms with Crippen molar-refractivity contribution in [1.29, 1.82) is 0 Å². The van der Waals surface area contributed by atoms with Gasteiger partial charge in [-0.3, -0.25) is 0 Å². The first-order valence-corrected chi connectivity index (χ1v) is 8.00. The van der Waals surface area contributed by atoms with Gasteiger partial charge >= 0.3 is 0 Å². The number of hydrogen-bond acceptors (Lipinski definition) is 5. The van der Waals surface area contributed by atoms with Gasteiger partial charge < -0.3 is 10.6 Å². The Bertz CT molecular complexity index is 537. The monoisotopic (exact) mass is 290 g/mol. The van der Waals surface area contributed by atoms with E-state index in [9.17, 15) is 0 Å². The van der Waals surface area contributed by atoms with Crippen molar-refractivity contribution in [3.63, 3.8) is 0 Å². The first-order chi connectivity index (χ1) is 9.74. The van der Waals surface area contributed by atoms with Gasteiger partial charge in [-0.15, -0.1) is 11.3 Å². The largest absolute Gasteiger partial charge is 0.370 e. The Kier molecular flexibility index (Phi) is 5.35. The predicted molar refractivity (Wildman–Crippen MR) is 86.8 cm³/mol. The molecular formula is C15H22N4S. The second-order valence-electron chi connectivity index (χ2n) is 4.60. The Morgan fingerprint density at radius 1 is 1.15 bits per heavy atom. The summed E-state index contributed by atoms with van der Waals surface area (Å²) in [5, 5.41) is 8.86. The summed E-state index contributed by atoms with van der Waals surface area (Å²) in [7, 11) is 0. The molecule has 0 atom stereocenters. The minimum atomic E-state index is 0.846. The van der Waals surface area contributed by atoms with Crippen LogP contribution >= 0.6 is 11.3 Å². The average Bonchev–Trinajstić information content (AvgIpc) is 2.96. The summed E-state index contributed by atoms with van der Waals surface area (Å²) in [5.74, 6) is 2.77. The average molecular weight is 290 g/mol. The minimum Gasteiger partial charge on any atom is -0.370 e. The van der Waals surface area contributed by atoms with E-state index in [4.69, 9.17) is 0 Å². The normalized spacial score (nSPS) is 10.6. The van der Waals surface area contributed by atoms with Crippen LogP contribution in [0.15, 0.2) is 17.5 Å². The molecule has 0 saturated carbocycles. The molecule has 0 aliphatic rings. The summed E-state index contributed by atoms with van der Waals surface area (Å²) in [6.07, 6.45) is 1.87. The van der Waals surface area contributed by atoms with Gasteiger partial charge in [0.05, 0.1) is 0 Å². The molecule has 2 heterocycles. The molecule has 0 amide bonds. The molecule has 0 bridgehead atoms. The van der Waals surface area contributed by atoms with Crippen molar-refractivity contribution < 1.29 is 0 Å². The van der Waals surface area contributed by atoms with Gasteiger partial charge in [0.15, 0.2) is 0 Å². The minimum absolute atomic E-state index is 0.846. The molecule has 0 unspecified atom stereocenters. The number of thiophene rings is 1. The van der Waals surface area contributed by atoms with Gasteiger partial charge in [-0.05, 0) is 31.7 Å². The van der Waals surface area contributed by atoms with Crippen LogP contribution in [0.25, 0.3) is 0 Å². The fourth-order valence-electron chi connectivity index (χ4n) is 1.99. The molecule has 108 valence electrons. The lowest BCUT2D eigenvalue weighted by atomic mass is 10.2. The van der Waals surface area contributed by atoms with Gasteiger partial charge in [-0.1, -0.05) is 13.0 Å². The van der Waals surface area contributed by atoms with Crippen molar-refractivity contribution >= 4 is 23.0 Å². The van der Waals surface area contributed by atoms with Crippen molar-refractivity contribution in [1.82, 2.24) is 9.97 Å². The van der Waals surface area contributed by atoms with Crippen LogP contribution in [-0.2, 0) is 12.8 Å². The fourth-order valence-corrected chi connectivity index (χ4v) is 2.70. The molecule has 0 aliphatic heterocycles. The maximum atomic E-state index is 4.59. The molecule has 20 heavy (non-hydrogen) atoms. The van der Waals surface area contributed by atoms with Gasteiger partial charge in [0, 0.05) is 30.0 Å². The highest BCUT2D eigenvalue weighted by Crippen LogP contribution is 2.20. The van der Waals surface area contributed by atoms with Crippen LogP contribution in [0.4, 0.5) is 11.6 Å². The van der Waals surface area contributed by atoms with Crippen molar-refractivity contribution in [3.8, 4) is 0 Å². The van der Waals surface area contributed by atoms with Crippen LogP contribution in [-0.4, -0.2) is 23.1 Å². The molecule has 4 nitrogen and oxygen atoms in total. The van der Waals surface area contributed by atoms with Crippen LogP contribution in [0.1, 0.15) is 30.1 Å². The lowest BCUT2D eigenvalue weighted by Crippen LogP contribution is -2.12. The van der Waals surface area contributed by atoms with Gasteiger partial charge in [-0.25, -0.2) is 9.97 Å². The molecular weight excluding hydrogens is 268 g/mol. The third-order valence-electron chi connectivity index (χ3n) is 3.10. The van der Waals surface area contributed by atoms with Crippen molar-refractivity contribution in [2.75, 3.05) is 23.7 Å². The second-order valence-corrected chi connectivity index (χ2v) is 5.63. The zero-order valence-electron chi connectivity index (χ0n) is 12.4. The summed E-state index contributed by atoms with van der Waals surface area (Å²) in [6, 6.07) is 4.26. The van der Waals surface area contributed by atoms with Gasteiger partial charge in [0.2, 0.25) is 0 Å². The SMILES string of the molecule is CCNc1nc(CC)nc(NCCc2cccs2)c1C. The summed E-state index contributed by atoms with van der Waals surface area (Å²) < 4.78 is 0. The Balaban J connectivity index is 2.07.